The van der Waals surface area contributed by atoms with E-state index in [1.165, 1.54) is 35.7 Å². The van der Waals surface area contributed by atoms with E-state index in [4.69, 9.17) is 4.74 Å². The molecule has 1 atom stereocenters. The molecular formula is C42H38N4O4. The Bertz CT molecular complexity index is 2480. The Morgan fingerprint density at radius 3 is 1.62 bits per heavy atom. The highest BCUT2D eigenvalue weighted by Gasteiger charge is 2.45. The van der Waals surface area contributed by atoms with Crippen LogP contribution in [0.3, 0.4) is 0 Å². The molecule has 250 valence electrons. The number of hydrogen-bond acceptors (Lipinski definition) is 4. The Kier molecular flexibility index (Phi) is 7.57. The second-order valence-corrected chi connectivity index (χ2v) is 13.3. The number of allylic oxidation sites excluding steroid dienone is 5. The lowest BCUT2D eigenvalue weighted by Gasteiger charge is -2.36. The van der Waals surface area contributed by atoms with Gasteiger partial charge in [0, 0.05) is 71.5 Å². The molecule has 1 saturated heterocycles. The second kappa shape index (κ2) is 12.0. The summed E-state index contributed by atoms with van der Waals surface area (Å²) < 4.78 is 9.69. The van der Waals surface area contributed by atoms with Gasteiger partial charge in [0.05, 0.1) is 12.6 Å². The van der Waals surface area contributed by atoms with E-state index in [-0.39, 0.29) is 12.2 Å². The molecule has 2 aromatic heterocycles. The van der Waals surface area contributed by atoms with Crippen molar-refractivity contribution in [2.45, 2.75) is 25.8 Å². The van der Waals surface area contributed by atoms with Crippen molar-refractivity contribution in [1.29, 1.82) is 0 Å². The number of carbonyl (C=O) groups is 3. The molecule has 1 saturated carbocycles. The van der Waals surface area contributed by atoms with Crippen LogP contribution in [0.25, 0.3) is 55.5 Å². The van der Waals surface area contributed by atoms with Gasteiger partial charge in [-0.15, -0.1) is 0 Å². The van der Waals surface area contributed by atoms with E-state index in [2.05, 4.69) is 108 Å². The number of aromatic nitrogens is 2. The van der Waals surface area contributed by atoms with Crippen LogP contribution in [0.2, 0.25) is 0 Å². The Labute approximate surface area is 289 Å². The fourth-order valence-corrected chi connectivity index (χ4v) is 8.02. The van der Waals surface area contributed by atoms with Crippen LogP contribution in [0, 0.1) is 0 Å². The highest BCUT2D eigenvalue weighted by molar-refractivity contribution is 6.30. The molecule has 0 bridgehead atoms. The molecule has 8 rings (SSSR count). The fraction of sp³-hybridized carbons (Fsp3) is 0.214. The first kappa shape index (κ1) is 31.5. The molecule has 0 spiro atoms. The quantitative estimate of drug-likeness (QED) is 0.166. The predicted octanol–water partition coefficient (Wildman–Crippen LogP) is 6.07. The van der Waals surface area contributed by atoms with Gasteiger partial charge in [0.25, 0.3) is 11.8 Å². The van der Waals surface area contributed by atoms with Crippen LogP contribution in [0.4, 0.5) is 4.79 Å². The molecule has 1 aliphatic heterocycles. The van der Waals surface area contributed by atoms with Gasteiger partial charge in [0.2, 0.25) is 0 Å². The average molecular weight is 663 g/mol. The SMILES string of the molecule is COCC(C)N1C(=O)C(=C2/C(=C/C=c3\c4cccc5cccc(c54)n3C)CC/C2=C\C=c2/c3cccc4cccc(c43)n2C)C(=O)N(C)C1=O. The number of ether oxygens (including phenoxy) is 1. The maximum Gasteiger partial charge on any atom is 0.334 e. The summed E-state index contributed by atoms with van der Waals surface area (Å²) in [6.07, 6.45) is 9.54. The first-order valence-corrected chi connectivity index (χ1v) is 16.9. The summed E-state index contributed by atoms with van der Waals surface area (Å²) in [7, 11) is 7.09. The molecule has 2 aliphatic rings. The molecular weight excluding hydrogens is 624 g/mol. The molecule has 0 radical (unpaired) electrons. The van der Waals surface area contributed by atoms with Crippen LogP contribution >= 0.6 is 0 Å². The Balaban J connectivity index is 1.36. The van der Waals surface area contributed by atoms with Gasteiger partial charge >= 0.3 is 6.03 Å². The lowest BCUT2D eigenvalue weighted by molar-refractivity contribution is -0.137. The first-order chi connectivity index (χ1) is 24.2. The summed E-state index contributed by atoms with van der Waals surface area (Å²) in [4.78, 5) is 43.8. The zero-order valence-corrected chi connectivity index (χ0v) is 28.9. The Morgan fingerprint density at radius 1 is 0.660 bits per heavy atom. The number of carbonyl (C=O) groups excluding carboxylic acids is 3. The third-order valence-electron chi connectivity index (χ3n) is 10.5. The number of hydrogen-bond donors (Lipinski definition) is 0. The first-order valence-electron chi connectivity index (χ1n) is 16.9. The van der Waals surface area contributed by atoms with Crippen LogP contribution in [0.15, 0.2) is 107 Å². The van der Waals surface area contributed by atoms with Gasteiger partial charge in [-0.25, -0.2) is 4.79 Å². The van der Waals surface area contributed by atoms with Crippen LogP contribution < -0.4 is 10.7 Å². The van der Waals surface area contributed by atoms with Gasteiger partial charge in [0.1, 0.15) is 5.57 Å². The summed E-state index contributed by atoms with van der Waals surface area (Å²) >= 11 is 0. The molecule has 8 heteroatoms. The number of likely N-dealkylation sites (N-methyl/N-ethyl adjacent to an activating group) is 1. The minimum atomic E-state index is -0.649. The van der Waals surface area contributed by atoms with E-state index in [0.29, 0.717) is 18.4 Å². The van der Waals surface area contributed by atoms with Gasteiger partial charge in [-0.2, -0.15) is 0 Å². The van der Waals surface area contributed by atoms with Gasteiger partial charge in [-0.05, 0) is 71.5 Å². The predicted molar refractivity (Wildman–Crippen MR) is 199 cm³/mol. The van der Waals surface area contributed by atoms with E-state index < -0.39 is 23.9 Å². The van der Waals surface area contributed by atoms with Gasteiger partial charge in [-0.3, -0.25) is 19.4 Å². The molecule has 1 aliphatic carbocycles. The number of methoxy groups -OCH3 is 1. The Hall–Kier alpha value is -5.73. The fourth-order valence-electron chi connectivity index (χ4n) is 8.02. The highest BCUT2D eigenvalue weighted by atomic mass is 16.5. The molecule has 2 fully saturated rings. The minimum absolute atomic E-state index is 0.0113. The van der Waals surface area contributed by atoms with Crippen molar-refractivity contribution < 1.29 is 19.1 Å². The van der Waals surface area contributed by atoms with Crippen molar-refractivity contribution >= 4 is 73.3 Å². The monoisotopic (exact) mass is 662 g/mol. The summed E-state index contributed by atoms with van der Waals surface area (Å²) in [5, 5.41) is 9.11. The van der Waals surface area contributed by atoms with Crippen LogP contribution in [-0.2, 0) is 28.4 Å². The second-order valence-electron chi connectivity index (χ2n) is 13.3. The molecule has 4 amide bonds. The number of amides is 4. The highest BCUT2D eigenvalue weighted by Crippen LogP contribution is 2.40. The van der Waals surface area contributed by atoms with Crippen molar-refractivity contribution in [3.8, 4) is 0 Å². The number of benzene rings is 4. The summed E-state index contributed by atoms with van der Waals surface area (Å²) in [6.45, 7) is 1.91. The van der Waals surface area contributed by atoms with E-state index in [1.54, 1.807) is 6.92 Å². The lowest BCUT2D eigenvalue weighted by atomic mass is 9.94. The smallest absolute Gasteiger partial charge is 0.334 e. The molecule has 3 heterocycles. The zero-order valence-electron chi connectivity index (χ0n) is 28.9. The van der Waals surface area contributed by atoms with Crippen LogP contribution in [0.5, 0.6) is 0 Å². The average Bonchev–Trinajstić information content (AvgIpc) is 3.73. The van der Waals surface area contributed by atoms with Crippen molar-refractivity contribution in [3.63, 3.8) is 0 Å². The third kappa shape index (κ3) is 4.66. The molecule has 8 nitrogen and oxygen atoms in total. The van der Waals surface area contributed by atoms with E-state index in [9.17, 15) is 14.4 Å². The molecule has 1 unspecified atom stereocenters. The number of nitrogens with zero attached hydrogens (tertiary/aromatic N) is 4. The largest absolute Gasteiger partial charge is 0.383 e. The van der Waals surface area contributed by atoms with Gasteiger partial charge in [0.15, 0.2) is 0 Å². The zero-order chi connectivity index (χ0) is 34.8. The standard InChI is InChI=1S/C42H38N4O4/c1-25(24-50-5)46-41(48)39(40(47)45(4)42(46)49)36-28(20-22-32-30-14-6-10-26-12-8-16-34(37(26)30)43(32)2)18-19-29(36)21-23-33-31-15-7-11-27-13-9-17-35(38(27)31)44(33)3/h6-17,20-23,25H,18-19,24H2,1-5H3/b28-20+,29-21+,32-22+,33-23+. The Morgan fingerprint density at radius 2 is 1.14 bits per heavy atom. The van der Waals surface area contributed by atoms with Crippen molar-refractivity contribution in [2.24, 2.45) is 14.1 Å². The number of urea groups is 1. The maximum atomic E-state index is 14.3. The van der Waals surface area contributed by atoms with Crippen molar-refractivity contribution in [2.75, 3.05) is 20.8 Å². The van der Waals surface area contributed by atoms with Crippen LogP contribution in [0.1, 0.15) is 19.8 Å². The maximum absolute atomic E-state index is 14.3. The van der Waals surface area contributed by atoms with E-state index >= 15 is 0 Å². The number of barbiturate groups is 1. The van der Waals surface area contributed by atoms with E-state index in [0.717, 1.165) is 53.5 Å². The molecule has 6 aromatic rings. The van der Waals surface area contributed by atoms with Crippen LogP contribution in [-0.4, -0.2) is 63.6 Å². The minimum Gasteiger partial charge on any atom is -0.383 e. The number of imide groups is 2. The molecule has 50 heavy (non-hydrogen) atoms. The third-order valence-corrected chi connectivity index (χ3v) is 10.5. The number of rotatable bonds is 5. The van der Waals surface area contributed by atoms with Crippen molar-refractivity contribution in [3.05, 3.63) is 118 Å². The summed E-state index contributed by atoms with van der Waals surface area (Å²) in [5.41, 5.74) is 4.63. The van der Waals surface area contributed by atoms with Gasteiger partial charge in [-0.1, -0.05) is 72.8 Å². The lowest BCUT2D eigenvalue weighted by Crippen LogP contribution is -2.58. The summed E-state index contributed by atoms with van der Waals surface area (Å²) in [5.74, 6) is -1.19. The van der Waals surface area contributed by atoms with Crippen molar-refractivity contribution in [1.82, 2.24) is 18.9 Å². The number of aryl methyl sites for hydroxylation is 2. The summed E-state index contributed by atoms with van der Waals surface area (Å²) in [6, 6.07) is 24.1. The molecule has 0 N–H and O–H groups in total. The normalized spacial score (nSPS) is 19.1. The molecule has 4 aromatic carbocycles. The van der Waals surface area contributed by atoms with Gasteiger partial charge < -0.3 is 13.9 Å². The topological polar surface area (TPSA) is 76.8 Å². The van der Waals surface area contributed by atoms with E-state index in [1.807, 2.05) is 12.2 Å².